The van der Waals surface area contributed by atoms with Crippen molar-refractivity contribution in [1.82, 2.24) is 9.78 Å². The molecule has 0 spiro atoms. The third-order valence-electron chi connectivity index (χ3n) is 3.70. The second-order valence-corrected chi connectivity index (χ2v) is 5.98. The Balaban J connectivity index is 1.99. The topological polar surface area (TPSA) is 44.1 Å². The first kappa shape index (κ1) is 14.5. The second kappa shape index (κ2) is 6.12. The van der Waals surface area contributed by atoms with Crippen LogP contribution in [-0.2, 0) is 17.7 Å². The van der Waals surface area contributed by atoms with E-state index in [9.17, 15) is 4.79 Å². The van der Waals surface area contributed by atoms with Crippen LogP contribution in [0.2, 0.25) is 0 Å². The zero-order valence-electron chi connectivity index (χ0n) is 11.9. The molecule has 1 aliphatic rings. The molecule has 3 rings (SSSR count). The molecule has 1 aliphatic heterocycles. The second-order valence-electron chi connectivity index (χ2n) is 5.13. The van der Waals surface area contributed by atoms with Gasteiger partial charge in [0.1, 0.15) is 11.8 Å². The van der Waals surface area contributed by atoms with Crippen molar-refractivity contribution in [2.45, 2.75) is 32.4 Å². The van der Waals surface area contributed by atoms with Crippen LogP contribution in [0.4, 0.5) is 0 Å². The fourth-order valence-corrected chi connectivity index (χ4v) is 3.22. The van der Waals surface area contributed by atoms with Gasteiger partial charge in [0, 0.05) is 6.54 Å². The molecule has 0 radical (unpaired) electrons. The Hall–Kier alpha value is -1.46. The number of ketones is 1. The minimum absolute atomic E-state index is 0.0278. The predicted octanol–water partition coefficient (Wildman–Crippen LogP) is 3.55. The highest BCUT2D eigenvalue weighted by molar-refractivity contribution is 9.10. The Morgan fingerprint density at radius 1 is 1.48 bits per heavy atom. The standard InChI is InChI=1S/C16H17BrN2O2/c1-2-8-19-14(13(17)10-18-19)15(20)16-12-6-4-3-5-11(12)7-9-21-16/h3-6,10,16H,2,7-9H2,1H3. The number of carbonyl (C=O) groups excluding carboxylic acids is 1. The van der Waals surface area contributed by atoms with E-state index in [0.717, 1.165) is 29.4 Å². The SMILES string of the molecule is CCCn1ncc(Br)c1C(=O)C1OCCc2ccccc21. The maximum absolute atomic E-state index is 12.9. The van der Waals surface area contributed by atoms with Gasteiger partial charge in [-0.25, -0.2) is 0 Å². The fraction of sp³-hybridized carbons (Fsp3) is 0.375. The first-order valence-corrected chi connectivity index (χ1v) is 7.96. The average molecular weight is 349 g/mol. The van der Waals surface area contributed by atoms with Crippen molar-refractivity contribution in [3.63, 3.8) is 0 Å². The summed E-state index contributed by atoms with van der Waals surface area (Å²) >= 11 is 3.43. The lowest BCUT2D eigenvalue weighted by atomic mass is 9.94. The van der Waals surface area contributed by atoms with Crippen molar-refractivity contribution < 1.29 is 9.53 Å². The number of rotatable bonds is 4. The number of benzene rings is 1. The number of carbonyl (C=O) groups is 1. The summed E-state index contributed by atoms with van der Waals surface area (Å²) in [5, 5.41) is 4.27. The molecule has 0 aliphatic carbocycles. The molecule has 1 aromatic heterocycles. The van der Waals surface area contributed by atoms with E-state index in [2.05, 4.69) is 34.0 Å². The molecule has 1 atom stereocenters. The van der Waals surface area contributed by atoms with E-state index in [1.807, 2.05) is 18.2 Å². The Morgan fingerprint density at radius 2 is 2.29 bits per heavy atom. The van der Waals surface area contributed by atoms with Crippen molar-refractivity contribution >= 4 is 21.7 Å². The lowest BCUT2D eigenvalue weighted by molar-refractivity contribution is 0.0339. The van der Waals surface area contributed by atoms with Gasteiger partial charge in [-0.3, -0.25) is 9.48 Å². The van der Waals surface area contributed by atoms with Crippen molar-refractivity contribution in [3.05, 3.63) is 51.8 Å². The predicted molar refractivity (Wildman–Crippen MR) is 83.4 cm³/mol. The molecular formula is C16H17BrN2O2. The molecule has 1 aromatic carbocycles. The van der Waals surface area contributed by atoms with Crippen LogP contribution in [0, 0.1) is 0 Å². The summed E-state index contributed by atoms with van der Waals surface area (Å²) in [6, 6.07) is 8.00. The van der Waals surface area contributed by atoms with Gasteiger partial charge in [0.15, 0.2) is 0 Å². The number of hydrogen-bond acceptors (Lipinski definition) is 3. The van der Waals surface area contributed by atoms with Crippen LogP contribution in [0.3, 0.4) is 0 Å². The van der Waals surface area contributed by atoms with E-state index in [-0.39, 0.29) is 5.78 Å². The first-order chi connectivity index (χ1) is 10.2. The van der Waals surface area contributed by atoms with Crippen molar-refractivity contribution in [2.24, 2.45) is 0 Å². The van der Waals surface area contributed by atoms with E-state index in [1.165, 1.54) is 5.56 Å². The van der Waals surface area contributed by atoms with Crippen LogP contribution in [0.5, 0.6) is 0 Å². The van der Waals surface area contributed by atoms with E-state index in [4.69, 9.17) is 4.74 Å². The zero-order valence-corrected chi connectivity index (χ0v) is 13.5. The maximum Gasteiger partial charge on any atom is 0.215 e. The third-order valence-corrected chi connectivity index (χ3v) is 4.28. The number of hydrogen-bond donors (Lipinski definition) is 0. The van der Waals surface area contributed by atoms with Gasteiger partial charge in [0.2, 0.25) is 5.78 Å². The van der Waals surface area contributed by atoms with Crippen LogP contribution >= 0.6 is 15.9 Å². The highest BCUT2D eigenvalue weighted by atomic mass is 79.9. The molecule has 0 N–H and O–H groups in total. The smallest absolute Gasteiger partial charge is 0.215 e. The van der Waals surface area contributed by atoms with Gasteiger partial charge in [-0.1, -0.05) is 31.2 Å². The Kier molecular flexibility index (Phi) is 4.22. The highest BCUT2D eigenvalue weighted by Crippen LogP contribution is 2.31. The van der Waals surface area contributed by atoms with Gasteiger partial charge in [-0.2, -0.15) is 5.10 Å². The summed E-state index contributed by atoms with van der Waals surface area (Å²) in [6.45, 7) is 3.37. The number of Topliss-reactive ketones (excluding diaryl/α,β-unsaturated/α-hetero) is 1. The van der Waals surface area contributed by atoms with Crippen LogP contribution in [0.15, 0.2) is 34.9 Å². The molecule has 4 nitrogen and oxygen atoms in total. The van der Waals surface area contributed by atoms with E-state index in [1.54, 1.807) is 10.9 Å². The Morgan fingerprint density at radius 3 is 3.10 bits per heavy atom. The number of aromatic nitrogens is 2. The van der Waals surface area contributed by atoms with E-state index >= 15 is 0 Å². The number of ether oxygens (including phenoxy) is 1. The molecule has 1 unspecified atom stereocenters. The minimum atomic E-state index is -0.529. The highest BCUT2D eigenvalue weighted by Gasteiger charge is 2.31. The molecule has 0 amide bonds. The quantitative estimate of drug-likeness (QED) is 0.793. The van der Waals surface area contributed by atoms with E-state index in [0.29, 0.717) is 12.3 Å². The van der Waals surface area contributed by atoms with Crippen LogP contribution in [0.25, 0.3) is 0 Å². The molecule has 2 heterocycles. The summed E-state index contributed by atoms with van der Waals surface area (Å²) in [4.78, 5) is 12.9. The normalized spacial score (nSPS) is 17.5. The number of fused-ring (bicyclic) bond motifs is 1. The molecule has 0 fully saturated rings. The molecule has 2 aromatic rings. The summed E-state index contributed by atoms with van der Waals surface area (Å²) in [6.07, 6.45) is 2.93. The Labute approximate surface area is 132 Å². The molecule has 21 heavy (non-hydrogen) atoms. The van der Waals surface area contributed by atoms with Gasteiger partial charge in [0.25, 0.3) is 0 Å². The lowest BCUT2D eigenvalue weighted by Gasteiger charge is -2.25. The summed E-state index contributed by atoms with van der Waals surface area (Å²) in [5.74, 6) is -0.0278. The monoisotopic (exact) mass is 348 g/mol. The molecule has 0 saturated carbocycles. The minimum Gasteiger partial charge on any atom is -0.365 e. The summed E-state index contributed by atoms with van der Waals surface area (Å²) < 4.78 is 8.25. The van der Waals surface area contributed by atoms with Crippen molar-refractivity contribution in [3.8, 4) is 0 Å². The first-order valence-electron chi connectivity index (χ1n) is 7.17. The summed E-state index contributed by atoms with van der Waals surface area (Å²) in [7, 11) is 0. The molecule has 0 bridgehead atoms. The molecule has 110 valence electrons. The largest absolute Gasteiger partial charge is 0.365 e. The van der Waals surface area contributed by atoms with Crippen molar-refractivity contribution in [1.29, 1.82) is 0 Å². The molecule has 5 heteroatoms. The van der Waals surface area contributed by atoms with Gasteiger partial charge >= 0.3 is 0 Å². The zero-order chi connectivity index (χ0) is 14.8. The van der Waals surface area contributed by atoms with Gasteiger partial charge in [0.05, 0.1) is 17.3 Å². The molecule has 0 saturated heterocycles. The van der Waals surface area contributed by atoms with Gasteiger partial charge < -0.3 is 4.74 Å². The van der Waals surface area contributed by atoms with Crippen molar-refractivity contribution in [2.75, 3.05) is 6.61 Å². The van der Waals surface area contributed by atoms with Gasteiger partial charge in [-0.15, -0.1) is 0 Å². The number of aryl methyl sites for hydroxylation is 1. The maximum atomic E-state index is 12.9. The third kappa shape index (κ3) is 2.68. The van der Waals surface area contributed by atoms with E-state index < -0.39 is 6.10 Å². The number of halogens is 1. The average Bonchev–Trinajstić information content (AvgIpc) is 2.87. The Bertz CT molecular complexity index is 666. The molecular weight excluding hydrogens is 332 g/mol. The van der Waals surface area contributed by atoms with Crippen LogP contribution in [-0.4, -0.2) is 22.2 Å². The lowest BCUT2D eigenvalue weighted by Crippen LogP contribution is -2.25. The van der Waals surface area contributed by atoms with Crippen LogP contribution in [0.1, 0.15) is 41.1 Å². The summed E-state index contributed by atoms with van der Waals surface area (Å²) in [5.41, 5.74) is 2.77. The number of nitrogens with zero attached hydrogens (tertiary/aromatic N) is 2. The van der Waals surface area contributed by atoms with Crippen LogP contribution < -0.4 is 0 Å². The van der Waals surface area contributed by atoms with Gasteiger partial charge in [-0.05, 0) is 39.9 Å². The fourth-order valence-electron chi connectivity index (χ4n) is 2.72.